The average Bonchev–Trinajstić information content (AvgIpc) is 0.997. The highest BCUT2D eigenvalue weighted by Crippen LogP contribution is 2.43. The van der Waals surface area contributed by atoms with Crippen molar-refractivity contribution in [1.82, 2.24) is 59.6 Å². The number of rotatable bonds is 15. The molecule has 12 amide bonds. The number of ether oxygens (including phenoxy) is 2. The van der Waals surface area contributed by atoms with Crippen LogP contribution in [0.15, 0.2) is 54.6 Å². The van der Waals surface area contributed by atoms with Crippen LogP contribution < -0.4 is 15.4 Å². The summed E-state index contributed by atoms with van der Waals surface area (Å²) >= 11 is 0. The van der Waals surface area contributed by atoms with Crippen LogP contribution in [0.1, 0.15) is 172 Å². The molecule has 2 bridgehead atoms. The van der Waals surface area contributed by atoms with Crippen molar-refractivity contribution >= 4 is 70.9 Å². The zero-order chi connectivity index (χ0) is 82.0. The Morgan fingerprint density at radius 1 is 0.634 bits per heavy atom. The number of methoxy groups -OCH3 is 1. The third-order valence-corrected chi connectivity index (χ3v) is 24.1. The molecule has 2 N–H and O–H groups in total. The third kappa shape index (κ3) is 19.8. The van der Waals surface area contributed by atoms with Gasteiger partial charge in [0.1, 0.15) is 66.2 Å². The second kappa shape index (κ2) is 37.4. The number of amides is 12. The van der Waals surface area contributed by atoms with Crippen LogP contribution in [-0.2, 0) is 87.5 Å². The summed E-state index contributed by atoms with van der Waals surface area (Å²) in [5.41, 5.74) is -3.30. The van der Waals surface area contributed by atoms with Crippen molar-refractivity contribution in [3.63, 3.8) is 0 Å². The normalized spacial score (nSPS) is 27.0. The lowest BCUT2D eigenvalue weighted by atomic mass is 9.73. The summed E-state index contributed by atoms with van der Waals surface area (Å²) in [6.07, 6.45) is -2.32. The summed E-state index contributed by atoms with van der Waals surface area (Å²) in [6, 6.07) is -4.52. The molecule has 112 heavy (non-hydrogen) atoms. The Labute approximate surface area is 651 Å². The average molecular weight is 1580 g/mol. The summed E-state index contributed by atoms with van der Waals surface area (Å²) in [5, 5.41) is 5.68. The molecule has 9 rings (SSSR count). The highest BCUT2D eigenvalue weighted by Gasteiger charge is 2.57. The zero-order valence-corrected chi connectivity index (χ0v) is 66.4. The largest absolute Gasteiger partial charge is 0.496 e. The maximum atomic E-state index is 15.9. The quantitative estimate of drug-likeness (QED) is 0.140. The molecule has 0 unspecified atom stereocenters. The van der Waals surface area contributed by atoms with E-state index >= 15 is 52.7 Å². The first-order valence-electron chi connectivity index (χ1n) is 39.6. The predicted octanol–water partition coefficient (Wildman–Crippen LogP) is 6.63. The van der Waals surface area contributed by atoms with Gasteiger partial charge in [-0.25, -0.2) is 0 Å². The van der Waals surface area contributed by atoms with Crippen molar-refractivity contribution in [1.29, 1.82) is 0 Å². The van der Waals surface area contributed by atoms with Crippen molar-refractivity contribution in [2.24, 2.45) is 11.8 Å². The number of nitrogens with zero attached hydrogens (tertiary/aromatic N) is 10. The lowest BCUT2D eigenvalue weighted by molar-refractivity contribution is -0.166. The zero-order valence-electron chi connectivity index (χ0n) is 66.4. The van der Waals surface area contributed by atoms with Gasteiger partial charge in [-0.1, -0.05) is 76.8 Å². The van der Waals surface area contributed by atoms with E-state index in [1.807, 2.05) is 13.8 Å². The summed E-state index contributed by atoms with van der Waals surface area (Å²) in [5.74, 6) is -10.2. The lowest BCUT2D eigenvalue weighted by Gasteiger charge is -2.51. The first kappa shape index (κ1) is 87.1. The molecule has 0 radical (unpaired) electrons. The Hall–Kier alpha value is -8.84. The molecule has 7 aliphatic rings. The first-order chi connectivity index (χ1) is 53.0. The van der Waals surface area contributed by atoms with Crippen molar-refractivity contribution in [2.75, 3.05) is 95.3 Å². The van der Waals surface area contributed by atoms with Gasteiger partial charge >= 0.3 is 12.4 Å². The van der Waals surface area contributed by atoms with Gasteiger partial charge in [0.05, 0.1) is 37.3 Å². The van der Waals surface area contributed by atoms with Crippen molar-refractivity contribution in [2.45, 2.75) is 241 Å². The van der Waals surface area contributed by atoms with Crippen molar-refractivity contribution in [3.05, 3.63) is 76.9 Å². The minimum Gasteiger partial charge on any atom is -0.496 e. The number of carbonyl (C=O) groups is 12. The van der Waals surface area contributed by atoms with E-state index in [-0.39, 0.29) is 82.2 Å². The number of likely N-dealkylation sites (N-methyl/N-ethyl adjacent to an activating group) is 6. The number of fused-ring (bicyclic) bond motifs is 3. The van der Waals surface area contributed by atoms with Gasteiger partial charge in [0, 0.05) is 94.0 Å². The topological polar surface area (TPSA) is 280 Å². The van der Waals surface area contributed by atoms with E-state index in [1.54, 1.807) is 30.9 Å². The van der Waals surface area contributed by atoms with Gasteiger partial charge in [-0.05, 0) is 144 Å². The highest BCUT2D eigenvalue weighted by atomic mass is 19.4. The van der Waals surface area contributed by atoms with Gasteiger partial charge in [0.2, 0.25) is 70.9 Å². The van der Waals surface area contributed by atoms with Gasteiger partial charge in [0.15, 0.2) is 0 Å². The van der Waals surface area contributed by atoms with Gasteiger partial charge in [-0.2, -0.15) is 26.3 Å². The lowest BCUT2D eigenvalue weighted by Crippen LogP contribution is -2.68. The van der Waals surface area contributed by atoms with E-state index < -0.39 is 204 Å². The Morgan fingerprint density at radius 2 is 1.29 bits per heavy atom. The monoisotopic (exact) mass is 1580 g/mol. The molecule has 2 aromatic carbocycles. The molecule has 618 valence electrons. The molecule has 6 fully saturated rings. The number of hydrogen-bond acceptors (Lipinski definition) is 14. The fourth-order valence-corrected chi connectivity index (χ4v) is 16.8. The van der Waals surface area contributed by atoms with Gasteiger partial charge in [0.25, 0.3) is 0 Å². The van der Waals surface area contributed by atoms with Crippen LogP contribution in [0.25, 0.3) is 0 Å². The molecule has 0 aromatic heterocycles. The summed E-state index contributed by atoms with van der Waals surface area (Å²) in [7, 11) is 9.40. The number of likely N-dealkylation sites (tertiary alicyclic amines) is 1. The third-order valence-electron chi connectivity index (χ3n) is 24.1. The second-order valence-corrected chi connectivity index (χ2v) is 31.4. The predicted molar refractivity (Wildman–Crippen MR) is 399 cm³/mol. The Bertz CT molecular complexity index is 3790. The van der Waals surface area contributed by atoms with E-state index in [4.69, 9.17) is 9.47 Å². The molecular formula is C80H112F6N12O14. The van der Waals surface area contributed by atoms with Gasteiger partial charge in [-0.3, -0.25) is 57.5 Å². The number of benzene rings is 2. The van der Waals surface area contributed by atoms with Crippen molar-refractivity contribution in [3.8, 4) is 5.75 Å². The smallest absolute Gasteiger partial charge is 0.419 e. The van der Waals surface area contributed by atoms with Crippen LogP contribution in [0.5, 0.6) is 5.75 Å². The van der Waals surface area contributed by atoms with Crippen LogP contribution in [0.3, 0.4) is 0 Å². The molecular weight excluding hydrogens is 1470 g/mol. The van der Waals surface area contributed by atoms with Crippen molar-refractivity contribution < 1.29 is 93.4 Å². The Morgan fingerprint density at radius 3 is 1.88 bits per heavy atom. The first-order valence-corrected chi connectivity index (χ1v) is 39.6. The standard InChI is InChI=1S/C80H112F6N12O14/c1-12-23-58-69(102)88-67(49(4)13-2)75(108)97(54-33-34-54)48-66(101)91(7)59-26-16-15-19-41-96(74(59)107)61(42-50-27-31-53(32-28-50)79(81,82)83)71(104)89(5)47-64(99)87-57(36-30-51-29-35-56(80(84,85)86)63(43-51)111-11)70(103)98-46-55(112-14-3)44-62(98)72(105)94(10)78(37-22-38-78)77(110)93(9)68(52-24-17-18-25-52)76(109)92(8)60(45-65(100)90(58)6)73(106)95-39-20-21-40-95/h15-16,27-29,31-32,35,43,49,52,54-55,57-62,67-68H,12-14,17-26,30,33-34,36-42,44-48H2,1-11H3,(H,87,99)(H,88,102)/b16-15-/t49-,55+,57-,58-,59-,60-,61-,62-,67-,68-/m0/s1. The molecule has 4 heterocycles. The van der Waals surface area contributed by atoms with Gasteiger partial charge in [-0.15, -0.1) is 0 Å². The summed E-state index contributed by atoms with van der Waals surface area (Å²) in [6.45, 7) is 6.06. The van der Waals surface area contributed by atoms with E-state index in [2.05, 4.69) is 10.6 Å². The number of aryl methyl sites for hydroxylation is 1. The van der Waals surface area contributed by atoms with Crippen LogP contribution in [0.4, 0.5) is 26.3 Å². The highest BCUT2D eigenvalue weighted by molar-refractivity contribution is 6.01. The minimum atomic E-state index is -4.82. The number of halogens is 6. The molecule has 10 atom stereocenters. The summed E-state index contributed by atoms with van der Waals surface area (Å²) in [4.78, 5) is 197. The van der Waals surface area contributed by atoms with Crippen LogP contribution in [0.2, 0.25) is 0 Å². The Balaban J connectivity index is 1.14. The molecule has 26 nitrogen and oxygen atoms in total. The Kier molecular flexibility index (Phi) is 29.1. The fraction of sp³-hybridized carbons (Fsp3) is 0.675. The number of hydrogen-bond donors (Lipinski definition) is 2. The maximum absolute atomic E-state index is 15.9. The number of nitrogens with one attached hydrogen (secondary N) is 2. The van der Waals surface area contributed by atoms with Gasteiger partial charge < -0.3 is 69.1 Å². The van der Waals surface area contributed by atoms with E-state index in [1.165, 1.54) is 82.7 Å². The SMILES string of the molecule is CCC[C@H]1C(=O)N[C@@H]([C@@H](C)CC)C(=O)N(C2CC2)CC(=O)N(C)[C@H]2C/C=C\CCN(C2=O)[C@@H](Cc2ccc(C(F)(F)F)cc2)C(=O)N(C)CC(=O)N[C@@H](CCc2ccc(C(F)(F)F)c(OC)c2)C(=O)N2C[C@H](OCC)C[C@H]2C(=O)N(C)C2(CCC2)C(=O)N(C)[C@@H](C2CCCC2)C(=O)N(C)[C@H](C(=O)N2CCCC2)CC(=O)N1C. The summed E-state index contributed by atoms with van der Waals surface area (Å²) < 4.78 is 96.1. The number of alkyl halides is 6. The molecule has 1 spiro atoms. The molecule has 2 aromatic rings. The van der Waals surface area contributed by atoms with Crippen LogP contribution in [-0.4, -0.2) is 281 Å². The maximum Gasteiger partial charge on any atom is 0.419 e. The molecule has 4 aliphatic heterocycles. The molecule has 32 heteroatoms. The van der Waals surface area contributed by atoms with Crippen LogP contribution in [0, 0.1) is 11.8 Å². The molecule has 3 saturated heterocycles. The van der Waals surface area contributed by atoms with E-state index in [0.717, 1.165) is 53.3 Å². The number of carbonyl (C=O) groups excluding carboxylic acids is 12. The second-order valence-electron chi connectivity index (χ2n) is 31.4. The molecule has 3 aliphatic carbocycles. The van der Waals surface area contributed by atoms with E-state index in [0.29, 0.717) is 83.7 Å². The fourth-order valence-electron chi connectivity index (χ4n) is 16.8. The molecule has 3 saturated carbocycles. The minimum absolute atomic E-state index is 0.0942. The van der Waals surface area contributed by atoms with Crippen LogP contribution >= 0.6 is 0 Å². The van der Waals surface area contributed by atoms with E-state index in [9.17, 15) is 31.1 Å².